The van der Waals surface area contributed by atoms with Crippen molar-refractivity contribution in [2.75, 3.05) is 6.54 Å². The lowest BCUT2D eigenvalue weighted by molar-refractivity contribution is 0.148. The van der Waals surface area contributed by atoms with Gasteiger partial charge in [-0.2, -0.15) is 0 Å². The molecule has 0 saturated heterocycles. The van der Waals surface area contributed by atoms with E-state index >= 15 is 0 Å². The Hall–Kier alpha value is -1.19. The third kappa shape index (κ3) is 1.84. The molecule has 0 aromatic carbocycles. The first kappa shape index (κ1) is 9.37. The Morgan fingerprint density at radius 3 is 3.00 bits per heavy atom. The van der Waals surface area contributed by atoms with Gasteiger partial charge in [0.2, 0.25) is 0 Å². The number of aryl methyl sites for hydroxylation is 1. The van der Waals surface area contributed by atoms with E-state index in [2.05, 4.69) is 10.3 Å². The van der Waals surface area contributed by atoms with Crippen molar-refractivity contribution in [3.8, 4) is 0 Å². The van der Waals surface area contributed by atoms with Crippen molar-refractivity contribution in [3.63, 3.8) is 0 Å². The molecule has 2 rings (SSSR count). The number of hydrogen-bond acceptors (Lipinski definition) is 3. The minimum Gasteiger partial charge on any atom is -0.385 e. The van der Waals surface area contributed by atoms with E-state index in [0.29, 0.717) is 0 Å². The molecule has 2 unspecified atom stereocenters. The van der Waals surface area contributed by atoms with Gasteiger partial charge in [-0.05, 0) is 18.6 Å². The second-order valence-corrected chi connectivity index (χ2v) is 3.57. The second kappa shape index (κ2) is 3.90. The van der Waals surface area contributed by atoms with E-state index in [0.717, 1.165) is 17.8 Å². The summed E-state index contributed by atoms with van der Waals surface area (Å²) in [4.78, 5) is 4.20. The third-order valence-corrected chi connectivity index (χ3v) is 2.39. The van der Waals surface area contributed by atoms with E-state index in [9.17, 15) is 5.11 Å². The van der Waals surface area contributed by atoms with Gasteiger partial charge < -0.3 is 10.4 Å². The summed E-state index contributed by atoms with van der Waals surface area (Å²) in [5.41, 5.74) is 1.83. The quantitative estimate of drug-likeness (QED) is 0.682. The van der Waals surface area contributed by atoms with E-state index in [1.165, 1.54) is 0 Å². The first-order valence-electron chi connectivity index (χ1n) is 4.78. The van der Waals surface area contributed by atoms with Crippen LogP contribution in [0.1, 0.15) is 17.4 Å². The topological polar surface area (TPSA) is 45.1 Å². The van der Waals surface area contributed by atoms with Crippen molar-refractivity contribution in [2.24, 2.45) is 0 Å². The molecule has 2 atom stereocenters. The van der Waals surface area contributed by atoms with Gasteiger partial charge in [0.1, 0.15) is 6.10 Å². The highest BCUT2D eigenvalue weighted by Crippen LogP contribution is 2.17. The van der Waals surface area contributed by atoms with Crippen LogP contribution in [0.25, 0.3) is 0 Å². The van der Waals surface area contributed by atoms with Gasteiger partial charge in [0.05, 0.1) is 11.7 Å². The summed E-state index contributed by atoms with van der Waals surface area (Å²) in [6, 6.07) is 3.84. The molecule has 3 heteroatoms. The molecule has 1 aromatic heterocycles. The van der Waals surface area contributed by atoms with Crippen molar-refractivity contribution in [3.05, 3.63) is 41.7 Å². The predicted octanol–water partition coefficient (Wildman–Crippen LogP) is 0.951. The molecule has 1 aromatic rings. The second-order valence-electron chi connectivity index (χ2n) is 3.57. The number of aliphatic hydroxyl groups is 1. The molecule has 0 radical (unpaired) electrons. The zero-order valence-electron chi connectivity index (χ0n) is 8.14. The maximum Gasteiger partial charge on any atom is 0.115 e. The van der Waals surface area contributed by atoms with Crippen LogP contribution in [-0.4, -0.2) is 22.7 Å². The summed E-state index contributed by atoms with van der Waals surface area (Å²) >= 11 is 0. The lowest BCUT2D eigenvalue weighted by Gasteiger charge is -2.16. The van der Waals surface area contributed by atoms with Gasteiger partial charge in [0.25, 0.3) is 0 Å². The molecule has 0 amide bonds. The van der Waals surface area contributed by atoms with E-state index < -0.39 is 6.10 Å². The van der Waals surface area contributed by atoms with Crippen LogP contribution < -0.4 is 5.32 Å². The van der Waals surface area contributed by atoms with Crippen LogP contribution in [0.2, 0.25) is 0 Å². The van der Waals surface area contributed by atoms with Gasteiger partial charge >= 0.3 is 0 Å². The summed E-state index contributed by atoms with van der Waals surface area (Å²) in [5.74, 6) is 0. The fourth-order valence-corrected chi connectivity index (χ4v) is 1.54. The fraction of sp³-hybridized carbons (Fsp3) is 0.364. The van der Waals surface area contributed by atoms with Crippen molar-refractivity contribution in [2.45, 2.75) is 19.1 Å². The Kier molecular flexibility index (Phi) is 2.61. The minimum absolute atomic E-state index is 0.00482. The zero-order valence-corrected chi connectivity index (χ0v) is 8.14. The standard InChI is InChI=1S/C11H14N2O/c1-8-4-5-10(13-7-8)11(14)9-3-2-6-12-9/h2-5,7,9,11-12,14H,6H2,1H3. The summed E-state index contributed by atoms with van der Waals surface area (Å²) < 4.78 is 0. The number of aromatic nitrogens is 1. The van der Waals surface area contributed by atoms with Crippen molar-refractivity contribution in [1.29, 1.82) is 0 Å². The Bertz CT molecular complexity index is 332. The van der Waals surface area contributed by atoms with Crippen LogP contribution in [0.4, 0.5) is 0 Å². The maximum atomic E-state index is 9.93. The summed E-state index contributed by atoms with van der Waals surface area (Å²) in [5, 5.41) is 13.1. The zero-order chi connectivity index (χ0) is 9.97. The number of hydrogen-bond donors (Lipinski definition) is 2. The first-order chi connectivity index (χ1) is 6.77. The van der Waals surface area contributed by atoms with Gasteiger partial charge in [-0.25, -0.2) is 0 Å². The molecule has 0 fully saturated rings. The van der Waals surface area contributed by atoms with E-state index in [1.54, 1.807) is 6.20 Å². The van der Waals surface area contributed by atoms with Crippen LogP contribution >= 0.6 is 0 Å². The third-order valence-electron chi connectivity index (χ3n) is 2.39. The Balaban J connectivity index is 2.14. The molecule has 3 nitrogen and oxygen atoms in total. The number of aliphatic hydroxyl groups excluding tert-OH is 1. The lowest BCUT2D eigenvalue weighted by Crippen LogP contribution is -2.29. The highest BCUT2D eigenvalue weighted by atomic mass is 16.3. The Morgan fingerprint density at radius 2 is 2.43 bits per heavy atom. The van der Waals surface area contributed by atoms with Crippen molar-refractivity contribution >= 4 is 0 Å². The average Bonchev–Trinajstić information content (AvgIpc) is 2.71. The van der Waals surface area contributed by atoms with Crippen LogP contribution in [0.15, 0.2) is 30.5 Å². The molecule has 74 valence electrons. The molecule has 2 heterocycles. The van der Waals surface area contributed by atoms with E-state index in [-0.39, 0.29) is 6.04 Å². The van der Waals surface area contributed by atoms with Gasteiger partial charge in [-0.15, -0.1) is 0 Å². The molecule has 14 heavy (non-hydrogen) atoms. The van der Waals surface area contributed by atoms with E-state index in [1.807, 2.05) is 31.2 Å². The molecule has 1 aliphatic rings. The Labute approximate surface area is 83.5 Å². The number of pyridine rings is 1. The number of nitrogens with one attached hydrogen (secondary N) is 1. The molecule has 0 bridgehead atoms. The van der Waals surface area contributed by atoms with Gasteiger partial charge in [-0.1, -0.05) is 18.2 Å². The van der Waals surface area contributed by atoms with Crippen LogP contribution in [-0.2, 0) is 0 Å². The summed E-state index contributed by atoms with van der Waals surface area (Å²) in [6.07, 6.45) is 5.22. The average molecular weight is 190 g/mol. The molecular weight excluding hydrogens is 176 g/mol. The SMILES string of the molecule is Cc1ccc(C(O)C2C=CCN2)nc1. The smallest absolute Gasteiger partial charge is 0.115 e. The molecular formula is C11H14N2O. The van der Waals surface area contributed by atoms with Crippen molar-refractivity contribution < 1.29 is 5.11 Å². The van der Waals surface area contributed by atoms with Crippen LogP contribution in [0, 0.1) is 6.92 Å². The van der Waals surface area contributed by atoms with Crippen LogP contribution in [0.5, 0.6) is 0 Å². The molecule has 0 spiro atoms. The predicted molar refractivity (Wildman–Crippen MR) is 54.9 cm³/mol. The number of rotatable bonds is 2. The summed E-state index contributed by atoms with van der Waals surface area (Å²) in [6.45, 7) is 2.81. The van der Waals surface area contributed by atoms with Crippen LogP contribution in [0.3, 0.4) is 0 Å². The van der Waals surface area contributed by atoms with E-state index in [4.69, 9.17) is 0 Å². The van der Waals surface area contributed by atoms with Crippen molar-refractivity contribution in [1.82, 2.24) is 10.3 Å². The minimum atomic E-state index is -0.547. The monoisotopic (exact) mass is 190 g/mol. The maximum absolute atomic E-state index is 9.93. The number of nitrogens with zero attached hydrogens (tertiary/aromatic N) is 1. The molecule has 1 aliphatic heterocycles. The molecule has 2 N–H and O–H groups in total. The Morgan fingerprint density at radius 1 is 1.57 bits per heavy atom. The highest BCUT2D eigenvalue weighted by molar-refractivity contribution is 5.18. The van der Waals surface area contributed by atoms with Gasteiger partial charge in [0, 0.05) is 12.7 Å². The normalized spacial score (nSPS) is 22.6. The molecule has 0 aliphatic carbocycles. The largest absolute Gasteiger partial charge is 0.385 e. The highest BCUT2D eigenvalue weighted by Gasteiger charge is 2.20. The molecule has 0 saturated carbocycles. The fourth-order valence-electron chi connectivity index (χ4n) is 1.54. The first-order valence-corrected chi connectivity index (χ1v) is 4.78. The van der Waals surface area contributed by atoms with Gasteiger partial charge in [-0.3, -0.25) is 4.98 Å². The lowest BCUT2D eigenvalue weighted by atomic mass is 10.1. The van der Waals surface area contributed by atoms with Gasteiger partial charge in [0.15, 0.2) is 0 Å². The summed E-state index contributed by atoms with van der Waals surface area (Å²) in [7, 11) is 0.